The van der Waals surface area contributed by atoms with E-state index in [1.165, 1.54) is 12.0 Å². The van der Waals surface area contributed by atoms with Crippen LogP contribution in [0.5, 0.6) is 5.75 Å². The summed E-state index contributed by atoms with van der Waals surface area (Å²) in [4.78, 5) is 11.9. The van der Waals surface area contributed by atoms with Crippen molar-refractivity contribution in [2.24, 2.45) is 5.92 Å². The van der Waals surface area contributed by atoms with Crippen molar-refractivity contribution < 1.29 is 14.3 Å². The summed E-state index contributed by atoms with van der Waals surface area (Å²) in [5.41, 5.74) is 1.21. The van der Waals surface area contributed by atoms with Crippen molar-refractivity contribution in [1.82, 2.24) is 0 Å². The third-order valence-corrected chi connectivity index (χ3v) is 3.96. The Bertz CT molecular complexity index is 453. The SMILES string of the molecule is COc1cccc([C@@H]2CCCC[C@@H]2OC(=O)C(C)C)c1. The van der Waals surface area contributed by atoms with E-state index in [1.807, 2.05) is 26.0 Å². The lowest BCUT2D eigenvalue weighted by atomic mass is 9.81. The van der Waals surface area contributed by atoms with Crippen LogP contribution >= 0.6 is 0 Å². The van der Waals surface area contributed by atoms with Crippen molar-refractivity contribution in [2.75, 3.05) is 7.11 Å². The van der Waals surface area contributed by atoms with Gasteiger partial charge in [0.2, 0.25) is 0 Å². The molecule has 2 atom stereocenters. The number of esters is 1. The highest BCUT2D eigenvalue weighted by Gasteiger charge is 2.30. The molecule has 0 aromatic heterocycles. The molecule has 0 saturated heterocycles. The van der Waals surface area contributed by atoms with E-state index in [0.717, 1.165) is 25.0 Å². The molecule has 0 heterocycles. The minimum Gasteiger partial charge on any atom is -0.497 e. The van der Waals surface area contributed by atoms with E-state index in [4.69, 9.17) is 9.47 Å². The number of hydrogen-bond donors (Lipinski definition) is 0. The van der Waals surface area contributed by atoms with E-state index in [2.05, 4.69) is 12.1 Å². The second-order valence-corrected chi connectivity index (χ2v) is 5.80. The Hall–Kier alpha value is -1.51. The van der Waals surface area contributed by atoms with Gasteiger partial charge in [0.15, 0.2) is 0 Å². The van der Waals surface area contributed by atoms with Crippen molar-refractivity contribution in [3.63, 3.8) is 0 Å². The Morgan fingerprint density at radius 3 is 2.70 bits per heavy atom. The third kappa shape index (κ3) is 3.53. The Labute approximate surface area is 121 Å². The van der Waals surface area contributed by atoms with Gasteiger partial charge in [-0.1, -0.05) is 32.4 Å². The molecule has 0 spiro atoms. The molecule has 0 N–H and O–H groups in total. The van der Waals surface area contributed by atoms with Gasteiger partial charge < -0.3 is 9.47 Å². The van der Waals surface area contributed by atoms with E-state index < -0.39 is 0 Å². The molecule has 0 unspecified atom stereocenters. The molecule has 1 aromatic rings. The molecule has 2 rings (SSSR count). The zero-order valence-corrected chi connectivity index (χ0v) is 12.6. The predicted molar refractivity (Wildman–Crippen MR) is 78.9 cm³/mol. The number of rotatable bonds is 4. The van der Waals surface area contributed by atoms with Crippen LogP contribution in [0.4, 0.5) is 0 Å². The molecule has 1 aliphatic carbocycles. The highest BCUT2D eigenvalue weighted by molar-refractivity contribution is 5.71. The summed E-state index contributed by atoms with van der Waals surface area (Å²) >= 11 is 0. The summed E-state index contributed by atoms with van der Waals surface area (Å²) in [6, 6.07) is 8.12. The molecule has 20 heavy (non-hydrogen) atoms. The van der Waals surface area contributed by atoms with Crippen molar-refractivity contribution in [2.45, 2.75) is 51.6 Å². The van der Waals surface area contributed by atoms with Gasteiger partial charge in [0, 0.05) is 5.92 Å². The maximum atomic E-state index is 11.9. The Morgan fingerprint density at radius 2 is 2.00 bits per heavy atom. The molecule has 1 fully saturated rings. The van der Waals surface area contributed by atoms with E-state index in [1.54, 1.807) is 7.11 Å². The molecule has 110 valence electrons. The van der Waals surface area contributed by atoms with Crippen LogP contribution in [0.2, 0.25) is 0 Å². The molecule has 0 bridgehead atoms. The minimum absolute atomic E-state index is 0.00533. The average Bonchev–Trinajstić information content (AvgIpc) is 2.47. The number of benzene rings is 1. The number of hydrogen-bond acceptors (Lipinski definition) is 3. The molecule has 1 aromatic carbocycles. The molecular weight excluding hydrogens is 252 g/mol. The Kier molecular flexibility index (Phi) is 5.05. The number of ether oxygens (including phenoxy) is 2. The van der Waals surface area contributed by atoms with Crippen LogP contribution in [0.15, 0.2) is 24.3 Å². The maximum absolute atomic E-state index is 11.9. The van der Waals surface area contributed by atoms with Crippen LogP contribution < -0.4 is 4.74 Å². The summed E-state index contributed by atoms with van der Waals surface area (Å²) in [5, 5.41) is 0. The van der Waals surface area contributed by atoms with Gasteiger partial charge in [-0.3, -0.25) is 4.79 Å². The predicted octanol–water partition coefficient (Wildman–Crippen LogP) is 3.92. The van der Waals surface area contributed by atoms with E-state index in [-0.39, 0.29) is 18.0 Å². The first-order valence-corrected chi connectivity index (χ1v) is 7.46. The molecule has 1 saturated carbocycles. The number of carbonyl (C=O) groups excluding carboxylic acids is 1. The van der Waals surface area contributed by atoms with E-state index in [0.29, 0.717) is 5.92 Å². The summed E-state index contributed by atoms with van der Waals surface area (Å²) in [5.74, 6) is 0.997. The fraction of sp³-hybridized carbons (Fsp3) is 0.588. The van der Waals surface area contributed by atoms with Crippen molar-refractivity contribution >= 4 is 5.97 Å². The molecule has 3 nitrogen and oxygen atoms in total. The second kappa shape index (κ2) is 6.78. The summed E-state index contributed by atoms with van der Waals surface area (Å²) in [7, 11) is 1.68. The van der Waals surface area contributed by atoms with E-state index in [9.17, 15) is 4.79 Å². The molecule has 0 amide bonds. The molecule has 0 aliphatic heterocycles. The van der Waals surface area contributed by atoms with Gasteiger partial charge in [0.1, 0.15) is 11.9 Å². The zero-order valence-electron chi connectivity index (χ0n) is 12.6. The van der Waals surface area contributed by atoms with Crippen molar-refractivity contribution in [1.29, 1.82) is 0 Å². The normalized spacial score (nSPS) is 22.6. The minimum atomic E-state index is -0.0928. The van der Waals surface area contributed by atoms with Gasteiger partial charge in [-0.15, -0.1) is 0 Å². The first-order chi connectivity index (χ1) is 9.61. The lowest BCUT2D eigenvalue weighted by Crippen LogP contribution is -2.30. The lowest BCUT2D eigenvalue weighted by Gasteiger charge is -2.32. The van der Waals surface area contributed by atoms with Gasteiger partial charge in [-0.25, -0.2) is 0 Å². The van der Waals surface area contributed by atoms with Crippen LogP contribution in [0.25, 0.3) is 0 Å². The van der Waals surface area contributed by atoms with Crippen molar-refractivity contribution in [3.05, 3.63) is 29.8 Å². The highest BCUT2D eigenvalue weighted by Crippen LogP contribution is 2.36. The quantitative estimate of drug-likeness (QED) is 0.782. The van der Waals surface area contributed by atoms with Gasteiger partial charge in [-0.2, -0.15) is 0 Å². The van der Waals surface area contributed by atoms with Crippen LogP contribution in [-0.4, -0.2) is 19.2 Å². The molecule has 3 heteroatoms. The average molecular weight is 276 g/mol. The summed E-state index contributed by atoms with van der Waals surface area (Å²) < 4.78 is 11.0. The van der Waals surface area contributed by atoms with Gasteiger partial charge in [0.05, 0.1) is 13.0 Å². The number of carbonyl (C=O) groups is 1. The fourth-order valence-electron chi connectivity index (χ4n) is 2.78. The number of methoxy groups -OCH3 is 1. The van der Waals surface area contributed by atoms with Crippen LogP contribution in [0, 0.1) is 5.92 Å². The van der Waals surface area contributed by atoms with Crippen molar-refractivity contribution in [3.8, 4) is 5.75 Å². The van der Waals surface area contributed by atoms with E-state index >= 15 is 0 Å². The Balaban J connectivity index is 2.15. The summed E-state index contributed by atoms with van der Waals surface area (Å²) in [6.07, 6.45) is 4.36. The monoisotopic (exact) mass is 276 g/mol. The smallest absolute Gasteiger partial charge is 0.308 e. The third-order valence-electron chi connectivity index (χ3n) is 3.96. The second-order valence-electron chi connectivity index (χ2n) is 5.80. The molecule has 0 radical (unpaired) electrons. The standard InChI is InChI=1S/C17H24O3/c1-12(2)17(18)20-16-10-5-4-9-15(16)13-7-6-8-14(11-13)19-3/h6-8,11-12,15-16H,4-5,9-10H2,1-3H3/t15-,16-/m0/s1. The van der Waals surface area contributed by atoms with Crippen LogP contribution in [-0.2, 0) is 9.53 Å². The van der Waals surface area contributed by atoms with Gasteiger partial charge >= 0.3 is 5.97 Å². The topological polar surface area (TPSA) is 35.5 Å². The summed E-state index contributed by atoms with van der Waals surface area (Å²) in [6.45, 7) is 3.76. The first-order valence-electron chi connectivity index (χ1n) is 7.46. The molecular formula is C17H24O3. The largest absolute Gasteiger partial charge is 0.497 e. The van der Waals surface area contributed by atoms with Crippen LogP contribution in [0.3, 0.4) is 0 Å². The van der Waals surface area contributed by atoms with Crippen LogP contribution in [0.1, 0.15) is 51.0 Å². The first kappa shape index (κ1) is 14.9. The maximum Gasteiger partial charge on any atom is 0.308 e. The lowest BCUT2D eigenvalue weighted by molar-refractivity contribution is -0.155. The zero-order chi connectivity index (χ0) is 14.5. The highest BCUT2D eigenvalue weighted by atomic mass is 16.5. The molecule has 1 aliphatic rings. The van der Waals surface area contributed by atoms with Gasteiger partial charge in [0.25, 0.3) is 0 Å². The fourth-order valence-corrected chi connectivity index (χ4v) is 2.78. The Morgan fingerprint density at radius 1 is 1.25 bits per heavy atom. The van der Waals surface area contributed by atoms with Gasteiger partial charge in [-0.05, 0) is 37.0 Å².